The van der Waals surface area contributed by atoms with Gasteiger partial charge in [0.2, 0.25) is 0 Å². The molecule has 5 heteroatoms. The van der Waals surface area contributed by atoms with Crippen molar-refractivity contribution in [3.63, 3.8) is 0 Å². The molecule has 0 fully saturated rings. The smallest absolute Gasteiger partial charge is 0.341 e. The molecular weight excluding hydrogens is 227 g/mol. The fraction of sp³-hybridized carbons (Fsp3) is 0.333. The van der Waals surface area contributed by atoms with E-state index in [0.717, 1.165) is 0 Å². The molecular formula is C9H10Cl2O3. The molecule has 0 rings (SSSR count). The third kappa shape index (κ3) is 5.04. The highest BCUT2D eigenvalue weighted by atomic mass is 35.5. The molecule has 0 bridgehead atoms. The largest absolute Gasteiger partial charge is 0.462 e. The van der Waals surface area contributed by atoms with Gasteiger partial charge in [-0.15, -0.1) is 0 Å². The molecule has 0 spiro atoms. The molecule has 0 aromatic rings. The number of carbonyl (C=O) groups excluding carboxylic acids is 2. The fourth-order valence-electron chi connectivity index (χ4n) is 0.684. The van der Waals surface area contributed by atoms with Gasteiger partial charge in [0, 0.05) is 0 Å². The van der Waals surface area contributed by atoms with Gasteiger partial charge in [0.05, 0.1) is 6.61 Å². The molecule has 0 aromatic carbocycles. The van der Waals surface area contributed by atoms with Crippen molar-refractivity contribution < 1.29 is 14.3 Å². The molecule has 0 aliphatic rings. The van der Waals surface area contributed by atoms with E-state index in [4.69, 9.17) is 23.2 Å². The van der Waals surface area contributed by atoms with Crippen molar-refractivity contribution >= 4 is 35.0 Å². The van der Waals surface area contributed by atoms with Crippen LogP contribution < -0.4 is 0 Å². The van der Waals surface area contributed by atoms with Crippen LogP contribution in [-0.2, 0) is 14.3 Å². The number of esters is 1. The van der Waals surface area contributed by atoms with E-state index >= 15 is 0 Å². The predicted molar refractivity (Wildman–Crippen MR) is 55.2 cm³/mol. The lowest BCUT2D eigenvalue weighted by Crippen LogP contribution is -2.13. The van der Waals surface area contributed by atoms with Gasteiger partial charge in [-0.05, 0) is 26.0 Å². The molecule has 0 heterocycles. The zero-order valence-electron chi connectivity index (χ0n) is 7.84. The van der Waals surface area contributed by atoms with Crippen LogP contribution >= 0.6 is 23.2 Å². The van der Waals surface area contributed by atoms with Gasteiger partial charge in [-0.1, -0.05) is 23.2 Å². The Morgan fingerprint density at radius 3 is 2.21 bits per heavy atom. The van der Waals surface area contributed by atoms with Crippen LogP contribution in [0, 0.1) is 0 Å². The van der Waals surface area contributed by atoms with Crippen molar-refractivity contribution in [3.05, 3.63) is 22.2 Å². The number of hydrogen-bond acceptors (Lipinski definition) is 3. The molecule has 0 aliphatic carbocycles. The highest BCUT2D eigenvalue weighted by molar-refractivity contribution is 6.56. The highest BCUT2D eigenvalue weighted by Crippen LogP contribution is 2.08. The molecule has 0 unspecified atom stereocenters. The van der Waals surface area contributed by atoms with Gasteiger partial charge >= 0.3 is 5.97 Å². The van der Waals surface area contributed by atoms with Gasteiger partial charge in [-0.3, -0.25) is 4.79 Å². The molecule has 0 N–H and O–H groups in total. The van der Waals surface area contributed by atoms with Crippen LogP contribution in [0.5, 0.6) is 0 Å². The molecule has 3 nitrogen and oxygen atoms in total. The summed E-state index contributed by atoms with van der Waals surface area (Å²) >= 11 is 10.7. The minimum atomic E-state index is -0.675. The van der Waals surface area contributed by atoms with E-state index in [9.17, 15) is 9.59 Å². The van der Waals surface area contributed by atoms with E-state index in [-0.39, 0.29) is 16.7 Å². The second kappa shape index (κ2) is 6.62. The van der Waals surface area contributed by atoms with Gasteiger partial charge in [-0.25, -0.2) is 4.79 Å². The summed E-state index contributed by atoms with van der Waals surface area (Å²) in [5, 5.41) is 0. The second-order valence-corrected chi connectivity index (χ2v) is 3.32. The van der Waals surface area contributed by atoms with Crippen molar-refractivity contribution in [2.45, 2.75) is 13.8 Å². The van der Waals surface area contributed by atoms with Gasteiger partial charge < -0.3 is 4.74 Å². The minimum Gasteiger partial charge on any atom is -0.462 e. The Hall–Kier alpha value is -0.800. The van der Waals surface area contributed by atoms with E-state index < -0.39 is 11.8 Å². The first-order valence-corrected chi connectivity index (χ1v) is 4.65. The number of ketones is 1. The topological polar surface area (TPSA) is 43.4 Å². The Kier molecular flexibility index (Phi) is 6.25. The number of carbonyl (C=O) groups is 2. The standard InChI is InChI=1S/C9H10Cl2O3/c1-3-14-9(13)7(6(2)12)4-5-8(10)11/h4-5H,3H2,1-2H3. The highest BCUT2D eigenvalue weighted by Gasteiger charge is 2.14. The first-order valence-electron chi connectivity index (χ1n) is 3.90. The Balaban J connectivity index is 4.77. The zero-order chi connectivity index (χ0) is 11.1. The number of hydrogen-bond donors (Lipinski definition) is 0. The van der Waals surface area contributed by atoms with Crippen LogP contribution in [0.4, 0.5) is 0 Å². The van der Waals surface area contributed by atoms with E-state index in [1.807, 2.05) is 0 Å². The number of halogens is 2. The van der Waals surface area contributed by atoms with Crippen molar-refractivity contribution in [1.82, 2.24) is 0 Å². The lowest BCUT2D eigenvalue weighted by molar-refractivity contribution is -0.139. The first-order chi connectivity index (χ1) is 6.49. The predicted octanol–water partition coefficient (Wildman–Crippen LogP) is 2.38. The van der Waals surface area contributed by atoms with Crippen LogP contribution in [0.2, 0.25) is 0 Å². The average Bonchev–Trinajstić information content (AvgIpc) is 2.03. The molecule has 0 saturated carbocycles. The minimum absolute atomic E-state index is 0.0342. The maximum atomic E-state index is 11.2. The van der Waals surface area contributed by atoms with Crippen molar-refractivity contribution in [1.29, 1.82) is 0 Å². The summed E-state index contributed by atoms with van der Waals surface area (Å²) in [6, 6.07) is 0. The zero-order valence-corrected chi connectivity index (χ0v) is 9.35. The summed E-state index contributed by atoms with van der Waals surface area (Å²) in [5.41, 5.74) is -0.0781. The SMILES string of the molecule is CCOC(=O)C(=CC=C(Cl)Cl)C(C)=O. The van der Waals surface area contributed by atoms with Crippen LogP contribution in [0.25, 0.3) is 0 Å². The molecule has 0 saturated heterocycles. The second-order valence-electron chi connectivity index (χ2n) is 2.31. The summed E-state index contributed by atoms with van der Waals surface area (Å²) in [6.07, 6.45) is 2.48. The lowest BCUT2D eigenvalue weighted by Gasteiger charge is -2.01. The summed E-state index contributed by atoms with van der Waals surface area (Å²) in [4.78, 5) is 22.2. The number of Topliss-reactive ketones (excluding diaryl/α,β-unsaturated/α-hetero) is 1. The Morgan fingerprint density at radius 1 is 1.29 bits per heavy atom. The number of ether oxygens (including phenoxy) is 1. The molecule has 0 aliphatic heterocycles. The van der Waals surface area contributed by atoms with Gasteiger partial charge in [0.15, 0.2) is 5.78 Å². The summed E-state index contributed by atoms with van der Waals surface area (Å²) in [6.45, 7) is 3.13. The molecule has 0 atom stereocenters. The summed E-state index contributed by atoms with van der Waals surface area (Å²) < 4.78 is 4.62. The van der Waals surface area contributed by atoms with E-state index in [2.05, 4.69) is 4.74 Å². The van der Waals surface area contributed by atoms with E-state index in [0.29, 0.717) is 0 Å². The van der Waals surface area contributed by atoms with Crippen LogP contribution in [0.1, 0.15) is 13.8 Å². The van der Waals surface area contributed by atoms with Gasteiger partial charge in [0.25, 0.3) is 0 Å². The van der Waals surface area contributed by atoms with Gasteiger partial charge in [-0.2, -0.15) is 0 Å². The molecule has 0 amide bonds. The third-order valence-corrected chi connectivity index (χ3v) is 1.50. The first kappa shape index (κ1) is 13.2. The fourth-order valence-corrected chi connectivity index (χ4v) is 0.810. The van der Waals surface area contributed by atoms with E-state index in [1.165, 1.54) is 19.1 Å². The van der Waals surface area contributed by atoms with Crippen molar-refractivity contribution in [3.8, 4) is 0 Å². The summed E-state index contributed by atoms with van der Waals surface area (Å²) in [7, 11) is 0. The monoisotopic (exact) mass is 236 g/mol. The van der Waals surface area contributed by atoms with Crippen molar-refractivity contribution in [2.75, 3.05) is 6.61 Å². The quantitative estimate of drug-likeness (QED) is 0.248. The van der Waals surface area contributed by atoms with Crippen LogP contribution in [0.3, 0.4) is 0 Å². The maximum absolute atomic E-state index is 11.2. The molecule has 0 aromatic heterocycles. The maximum Gasteiger partial charge on any atom is 0.341 e. The molecule has 78 valence electrons. The van der Waals surface area contributed by atoms with Crippen molar-refractivity contribution in [2.24, 2.45) is 0 Å². The molecule has 0 radical (unpaired) electrons. The average molecular weight is 237 g/mol. The Labute approximate surface area is 92.3 Å². The number of rotatable bonds is 4. The lowest BCUT2D eigenvalue weighted by atomic mass is 10.2. The van der Waals surface area contributed by atoms with E-state index in [1.54, 1.807) is 6.92 Å². The normalized spacial score (nSPS) is 10.7. The Morgan fingerprint density at radius 2 is 1.86 bits per heavy atom. The third-order valence-electron chi connectivity index (χ3n) is 1.25. The molecule has 14 heavy (non-hydrogen) atoms. The Bertz CT molecular complexity index is 288. The number of allylic oxidation sites excluding steroid dienone is 2. The van der Waals surface area contributed by atoms with Gasteiger partial charge in [0.1, 0.15) is 10.1 Å². The van der Waals surface area contributed by atoms with Crippen LogP contribution in [-0.4, -0.2) is 18.4 Å². The summed E-state index contributed by atoms with van der Waals surface area (Å²) in [5.74, 6) is -1.07. The van der Waals surface area contributed by atoms with Crippen LogP contribution in [0.15, 0.2) is 22.2 Å².